The van der Waals surface area contributed by atoms with Gasteiger partial charge in [-0.15, -0.1) is 0 Å². The van der Waals surface area contributed by atoms with Crippen molar-refractivity contribution in [2.75, 3.05) is 0 Å². The van der Waals surface area contributed by atoms with Gasteiger partial charge in [-0.25, -0.2) is 4.39 Å². The lowest BCUT2D eigenvalue weighted by molar-refractivity contribution is 0.0978. The van der Waals surface area contributed by atoms with E-state index in [0.717, 1.165) is 28.1 Å². The van der Waals surface area contributed by atoms with Crippen LogP contribution in [0.25, 0.3) is 22.6 Å². The van der Waals surface area contributed by atoms with Gasteiger partial charge < -0.3 is 0 Å². The van der Waals surface area contributed by atoms with Crippen molar-refractivity contribution in [1.29, 1.82) is 0 Å². The topological polar surface area (TPSA) is 84.4 Å². The van der Waals surface area contributed by atoms with E-state index in [4.69, 9.17) is 0 Å². The standard InChI is InChI=1S/C23H20FN5O/c1-14-10-16(13-27-22(14)17-7-9-25-15(2)11-17)5-6-21(30)19-12-20(29-28-19)23-18(24)4-3-8-26-23/h3-4,7-13H,5-6H2,1-2H3,(H,28,29). The maximum atomic E-state index is 13.9. The zero-order valence-corrected chi connectivity index (χ0v) is 16.7. The van der Waals surface area contributed by atoms with Gasteiger partial charge in [-0.3, -0.25) is 24.8 Å². The number of ketones is 1. The van der Waals surface area contributed by atoms with Crippen molar-refractivity contribution in [3.63, 3.8) is 0 Å². The number of carbonyl (C=O) groups excluding carboxylic acids is 1. The summed E-state index contributed by atoms with van der Waals surface area (Å²) in [5, 5.41) is 6.71. The van der Waals surface area contributed by atoms with Crippen LogP contribution < -0.4 is 0 Å². The van der Waals surface area contributed by atoms with Crippen molar-refractivity contribution in [3.8, 4) is 22.6 Å². The second-order valence-corrected chi connectivity index (χ2v) is 7.12. The van der Waals surface area contributed by atoms with Crippen LogP contribution in [-0.4, -0.2) is 30.9 Å². The molecule has 0 aliphatic carbocycles. The van der Waals surface area contributed by atoms with Gasteiger partial charge in [-0.1, -0.05) is 6.07 Å². The summed E-state index contributed by atoms with van der Waals surface area (Å²) in [4.78, 5) is 25.3. The third-order valence-corrected chi connectivity index (χ3v) is 4.83. The number of aryl methyl sites for hydroxylation is 3. The molecule has 4 aromatic heterocycles. The van der Waals surface area contributed by atoms with Crippen LogP contribution in [-0.2, 0) is 6.42 Å². The number of pyridine rings is 3. The number of nitrogens with zero attached hydrogens (tertiary/aromatic N) is 4. The number of nitrogens with one attached hydrogen (secondary N) is 1. The predicted molar refractivity (Wildman–Crippen MR) is 111 cm³/mol. The zero-order valence-electron chi connectivity index (χ0n) is 16.7. The molecule has 1 N–H and O–H groups in total. The fourth-order valence-electron chi connectivity index (χ4n) is 3.32. The van der Waals surface area contributed by atoms with Gasteiger partial charge in [0.1, 0.15) is 17.1 Å². The largest absolute Gasteiger partial charge is 0.292 e. The van der Waals surface area contributed by atoms with Crippen molar-refractivity contribution in [2.45, 2.75) is 26.7 Å². The van der Waals surface area contributed by atoms with E-state index in [0.29, 0.717) is 24.2 Å². The summed E-state index contributed by atoms with van der Waals surface area (Å²) in [5.74, 6) is -0.578. The molecule has 0 aromatic carbocycles. The van der Waals surface area contributed by atoms with Crippen molar-refractivity contribution >= 4 is 5.78 Å². The SMILES string of the molecule is Cc1cc(-c2ncc(CCC(=O)c3cc(-c4ncccc4F)n[nH]3)cc2C)ccn1. The molecule has 30 heavy (non-hydrogen) atoms. The Labute approximate surface area is 173 Å². The summed E-state index contributed by atoms with van der Waals surface area (Å²) in [6, 6.07) is 10.3. The molecule has 0 atom stereocenters. The van der Waals surface area contributed by atoms with E-state index < -0.39 is 5.82 Å². The van der Waals surface area contributed by atoms with Crippen LogP contribution in [0.15, 0.2) is 55.0 Å². The Morgan fingerprint density at radius 3 is 2.67 bits per heavy atom. The van der Waals surface area contributed by atoms with Gasteiger partial charge in [0.2, 0.25) is 0 Å². The van der Waals surface area contributed by atoms with Crippen LogP contribution in [0.2, 0.25) is 0 Å². The van der Waals surface area contributed by atoms with E-state index in [-0.39, 0.29) is 11.5 Å². The minimum absolute atomic E-state index is 0.100. The van der Waals surface area contributed by atoms with Crippen LogP contribution in [0.5, 0.6) is 0 Å². The highest BCUT2D eigenvalue weighted by Gasteiger charge is 2.15. The van der Waals surface area contributed by atoms with Crippen LogP contribution in [0.4, 0.5) is 4.39 Å². The summed E-state index contributed by atoms with van der Waals surface area (Å²) in [7, 11) is 0. The number of H-pyrrole nitrogens is 1. The molecule has 0 aliphatic heterocycles. The maximum Gasteiger partial charge on any atom is 0.180 e. The molecule has 4 rings (SSSR count). The van der Waals surface area contributed by atoms with Crippen LogP contribution >= 0.6 is 0 Å². The summed E-state index contributed by atoms with van der Waals surface area (Å²) >= 11 is 0. The molecule has 0 unspecified atom stereocenters. The fourth-order valence-corrected chi connectivity index (χ4v) is 3.32. The first-order chi connectivity index (χ1) is 14.5. The van der Waals surface area contributed by atoms with E-state index in [1.807, 2.05) is 32.0 Å². The molecule has 0 amide bonds. The van der Waals surface area contributed by atoms with Gasteiger partial charge in [0.15, 0.2) is 11.6 Å². The molecule has 0 radical (unpaired) electrons. The van der Waals surface area contributed by atoms with Gasteiger partial charge in [0.25, 0.3) is 0 Å². The summed E-state index contributed by atoms with van der Waals surface area (Å²) in [6.45, 7) is 3.95. The molecule has 0 spiro atoms. The molecule has 0 saturated carbocycles. The third kappa shape index (κ3) is 4.15. The molecule has 150 valence electrons. The number of carbonyl (C=O) groups is 1. The first kappa shape index (κ1) is 19.6. The van der Waals surface area contributed by atoms with E-state index in [1.165, 1.54) is 24.4 Å². The Balaban J connectivity index is 1.44. The van der Waals surface area contributed by atoms with Gasteiger partial charge in [0, 0.05) is 36.3 Å². The molecule has 0 saturated heterocycles. The van der Waals surface area contributed by atoms with Crippen LogP contribution in [0.3, 0.4) is 0 Å². The number of rotatable bonds is 6. The Kier molecular flexibility index (Phi) is 5.43. The lowest BCUT2D eigenvalue weighted by Crippen LogP contribution is -2.02. The molecule has 0 aliphatic rings. The molecule has 4 heterocycles. The van der Waals surface area contributed by atoms with E-state index in [9.17, 15) is 9.18 Å². The number of aromatic nitrogens is 5. The van der Waals surface area contributed by atoms with Gasteiger partial charge >= 0.3 is 0 Å². The number of hydrogen-bond acceptors (Lipinski definition) is 5. The molecule has 4 aromatic rings. The van der Waals surface area contributed by atoms with Crippen LogP contribution in [0.1, 0.15) is 33.7 Å². The normalized spacial score (nSPS) is 10.9. The van der Waals surface area contributed by atoms with E-state index >= 15 is 0 Å². The van der Waals surface area contributed by atoms with E-state index in [2.05, 4.69) is 25.1 Å². The molecule has 7 heteroatoms. The van der Waals surface area contributed by atoms with E-state index in [1.54, 1.807) is 12.4 Å². The quantitative estimate of drug-likeness (QED) is 0.481. The van der Waals surface area contributed by atoms with Gasteiger partial charge in [-0.05, 0) is 61.7 Å². The average Bonchev–Trinajstić information content (AvgIpc) is 3.22. The average molecular weight is 401 g/mol. The third-order valence-electron chi connectivity index (χ3n) is 4.83. The second kappa shape index (κ2) is 8.32. The molecule has 0 bridgehead atoms. The highest BCUT2D eigenvalue weighted by molar-refractivity contribution is 5.95. The fraction of sp³-hybridized carbons (Fsp3) is 0.174. The summed E-state index contributed by atoms with van der Waals surface area (Å²) in [6.07, 6.45) is 5.90. The minimum Gasteiger partial charge on any atom is -0.292 e. The Morgan fingerprint density at radius 1 is 1.03 bits per heavy atom. The summed E-state index contributed by atoms with van der Waals surface area (Å²) < 4.78 is 13.9. The first-order valence-corrected chi connectivity index (χ1v) is 9.59. The number of hydrogen-bond donors (Lipinski definition) is 1. The lowest BCUT2D eigenvalue weighted by atomic mass is 10.0. The maximum absolute atomic E-state index is 13.9. The molecule has 6 nitrogen and oxygen atoms in total. The smallest absolute Gasteiger partial charge is 0.180 e. The van der Waals surface area contributed by atoms with Crippen molar-refractivity contribution in [2.24, 2.45) is 0 Å². The summed E-state index contributed by atoms with van der Waals surface area (Å²) in [5.41, 5.74) is 5.66. The number of aromatic amines is 1. The highest BCUT2D eigenvalue weighted by atomic mass is 19.1. The lowest BCUT2D eigenvalue weighted by Gasteiger charge is -2.08. The van der Waals surface area contributed by atoms with Crippen LogP contribution in [0, 0.1) is 19.7 Å². The molecular weight excluding hydrogens is 381 g/mol. The van der Waals surface area contributed by atoms with Gasteiger partial charge in [0.05, 0.1) is 5.69 Å². The number of Topliss-reactive ketones (excluding diaryl/α,β-unsaturated/α-hetero) is 1. The Hall–Kier alpha value is -3.74. The predicted octanol–water partition coefficient (Wildman–Crippen LogP) is 4.50. The van der Waals surface area contributed by atoms with Gasteiger partial charge in [-0.2, -0.15) is 5.10 Å². The molecular formula is C23H20FN5O. The molecule has 0 fully saturated rings. The van der Waals surface area contributed by atoms with Crippen molar-refractivity contribution in [3.05, 3.63) is 83.3 Å². The Bertz CT molecular complexity index is 1220. The minimum atomic E-state index is -0.478. The number of halogens is 1. The monoisotopic (exact) mass is 401 g/mol. The second-order valence-electron chi connectivity index (χ2n) is 7.12. The van der Waals surface area contributed by atoms with Crippen molar-refractivity contribution < 1.29 is 9.18 Å². The first-order valence-electron chi connectivity index (χ1n) is 9.59. The Morgan fingerprint density at radius 2 is 1.90 bits per heavy atom. The zero-order chi connectivity index (χ0) is 21.1. The highest BCUT2D eigenvalue weighted by Crippen LogP contribution is 2.23. The van der Waals surface area contributed by atoms with Crippen molar-refractivity contribution in [1.82, 2.24) is 25.1 Å².